The Balaban J connectivity index is 1.98. The van der Waals surface area contributed by atoms with Gasteiger partial charge in [0, 0.05) is 56.5 Å². The first kappa shape index (κ1) is 18.4. The summed E-state index contributed by atoms with van der Waals surface area (Å²) < 4.78 is 15.9. The summed E-state index contributed by atoms with van der Waals surface area (Å²) in [6, 6.07) is 3.91. The number of piperazine rings is 1. The van der Waals surface area contributed by atoms with Crippen LogP contribution in [0.2, 0.25) is 0 Å². The van der Waals surface area contributed by atoms with E-state index in [2.05, 4.69) is 22.5 Å². The van der Waals surface area contributed by atoms with Crippen LogP contribution in [-0.4, -0.2) is 64.4 Å². The van der Waals surface area contributed by atoms with Gasteiger partial charge in [0.15, 0.2) is 11.5 Å². The fourth-order valence-corrected chi connectivity index (χ4v) is 2.84. The van der Waals surface area contributed by atoms with Crippen molar-refractivity contribution in [2.45, 2.75) is 19.4 Å². The Morgan fingerprint density at radius 2 is 1.92 bits per heavy atom. The molecular weight excluding hydrogens is 310 g/mol. The van der Waals surface area contributed by atoms with Crippen molar-refractivity contribution in [3.05, 3.63) is 12.1 Å². The van der Waals surface area contributed by atoms with E-state index in [0.29, 0.717) is 35.4 Å². The summed E-state index contributed by atoms with van der Waals surface area (Å²) in [5.74, 6) is 1.51. The van der Waals surface area contributed by atoms with Gasteiger partial charge in [-0.1, -0.05) is 0 Å². The van der Waals surface area contributed by atoms with Gasteiger partial charge in [-0.05, 0) is 6.92 Å². The van der Waals surface area contributed by atoms with Crippen molar-refractivity contribution in [3.63, 3.8) is 0 Å². The zero-order chi connectivity index (χ0) is 17.5. The number of methoxy groups -OCH3 is 3. The number of carbonyl (C=O) groups excluding carboxylic acids is 1. The Bertz CT molecular complexity index is 540. The second-order valence-corrected chi connectivity index (χ2v) is 5.80. The van der Waals surface area contributed by atoms with E-state index in [-0.39, 0.29) is 5.91 Å². The summed E-state index contributed by atoms with van der Waals surface area (Å²) in [6.45, 7) is 5.83. The topological polar surface area (TPSA) is 72.1 Å². The van der Waals surface area contributed by atoms with Gasteiger partial charge in [0.05, 0.1) is 21.3 Å². The van der Waals surface area contributed by atoms with Gasteiger partial charge in [-0.3, -0.25) is 9.69 Å². The lowest BCUT2D eigenvalue weighted by Crippen LogP contribution is -2.50. The molecule has 1 heterocycles. The largest absolute Gasteiger partial charge is 0.493 e. The molecule has 0 bridgehead atoms. The molecule has 1 aliphatic heterocycles. The van der Waals surface area contributed by atoms with Crippen molar-refractivity contribution in [2.75, 3.05) is 52.8 Å². The third-order valence-electron chi connectivity index (χ3n) is 4.21. The first-order chi connectivity index (χ1) is 11.6. The molecule has 0 unspecified atom stereocenters. The zero-order valence-electron chi connectivity index (χ0n) is 14.8. The molecule has 0 radical (unpaired) electrons. The van der Waals surface area contributed by atoms with E-state index in [1.807, 2.05) is 0 Å². The first-order valence-electron chi connectivity index (χ1n) is 8.13. The molecule has 24 heavy (non-hydrogen) atoms. The van der Waals surface area contributed by atoms with Crippen LogP contribution in [0.25, 0.3) is 0 Å². The van der Waals surface area contributed by atoms with Gasteiger partial charge in [0.25, 0.3) is 0 Å². The quantitative estimate of drug-likeness (QED) is 0.782. The van der Waals surface area contributed by atoms with Gasteiger partial charge in [-0.25, -0.2) is 0 Å². The summed E-state index contributed by atoms with van der Waals surface area (Å²) in [5, 5.41) is 6.25. The second kappa shape index (κ2) is 8.75. The molecule has 1 aromatic rings. The lowest BCUT2D eigenvalue weighted by atomic mass is 10.2. The van der Waals surface area contributed by atoms with E-state index in [9.17, 15) is 4.79 Å². The molecule has 2 N–H and O–H groups in total. The summed E-state index contributed by atoms with van der Waals surface area (Å²) in [7, 11) is 4.65. The van der Waals surface area contributed by atoms with Crippen LogP contribution in [0.1, 0.15) is 13.3 Å². The minimum atomic E-state index is -0.0324. The van der Waals surface area contributed by atoms with Crippen LogP contribution in [-0.2, 0) is 4.79 Å². The number of benzene rings is 1. The van der Waals surface area contributed by atoms with Crippen LogP contribution in [0.5, 0.6) is 17.2 Å². The van der Waals surface area contributed by atoms with Crippen LogP contribution < -0.4 is 24.8 Å². The molecule has 0 spiro atoms. The Morgan fingerprint density at radius 3 is 2.46 bits per heavy atom. The molecule has 2 rings (SSSR count). The highest BCUT2D eigenvalue weighted by Gasteiger charge is 2.19. The Kier molecular flexibility index (Phi) is 6.69. The van der Waals surface area contributed by atoms with E-state index in [1.165, 1.54) is 0 Å². The number of amides is 1. The van der Waals surface area contributed by atoms with Gasteiger partial charge >= 0.3 is 0 Å². The van der Waals surface area contributed by atoms with E-state index in [0.717, 1.165) is 26.2 Å². The lowest BCUT2D eigenvalue weighted by molar-refractivity contribution is -0.116. The summed E-state index contributed by atoms with van der Waals surface area (Å²) in [5.41, 5.74) is 0.628. The van der Waals surface area contributed by atoms with Gasteiger partial charge in [-0.2, -0.15) is 0 Å². The average molecular weight is 337 g/mol. The highest BCUT2D eigenvalue weighted by atomic mass is 16.5. The van der Waals surface area contributed by atoms with E-state index >= 15 is 0 Å². The van der Waals surface area contributed by atoms with Crippen molar-refractivity contribution in [1.82, 2.24) is 10.2 Å². The Labute approximate surface area is 143 Å². The fourth-order valence-electron chi connectivity index (χ4n) is 2.84. The highest BCUT2D eigenvalue weighted by Crippen LogP contribution is 2.39. The summed E-state index contributed by atoms with van der Waals surface area (Å²) >= 11 is 0. The predicted molar refractivity (Wildman–Crippen MR) is 93.2 cm³/mol. The standard InChI is InChI=1S/C17H27N3O4/c1-12-11-18-6-8-20(12)7-5-16(21)19-13-9-14(22-2)17(24-4)15(10-13)23-3/h9-10,12,18H,5-8,11H2,1-4H3,(H,19,21)/t12-/m1/s1. The summed E-state index contributed by atoms with van der Waals surface area (Å²) in [4.78, 5) is 14.6. The number of hydrogen-bond donors (Lipinski definition) is 2. The van der Waals surface area contributed by atoms with E-state index in [1.54, 1.807) is 33.5 Å². The van der Waals surface area contributed by atoms with Crippen LogP contribution in [0.4, 0.5) is 5.69 Å². The fraction of sp³-hybridized carbons (Fsp3) is 0.588. The highest BCUT2D eigenvalue weighted by molar-refractivity contribution is 5.91. The van der Waals surface area contributed by atoms with Crippen LogP contribution in [0, 0.1) is 0 Å². The SMILES string of the molecule is COc1cc(NC(=O)CCN2CCNC[C@H]2C)cc(OC)c1OC. The molecule has 134 valence electrons. The molecule has 1 fully saturated rings. The number of anilines is 1. The van der Waals surface area contributed by atoms with Crippen LogP contribution >= 0.6 is 0 Å². The Hall–Kier alpha value is -1.99. The van der Waals surface area contributed by atoms with Crippen molar-refractivity contribution >= 4 is 11.6 Å². The van der Waals surface area contributed by atoms with Gasteiger partial charge < -0.3 is 24.8 Å². The molecule has 1 saturated heterocycles. The maximum atomic E-state index is 12.2. The number of rotatable bonds is 7. The Morgan fingerprint density at radius 1 is 1.25 bits per heavy atom. The van der Waals surface area contributed by atoms with E-state index < -0.39 is 0 Å². The smallest absolute Gasteiger partial charge is 0.225 e. The van der Waals surface area contributed by atoms with Crippen molar-refractivity contribution in [3.8, 4) is 17.2 Å². The predicted octanol–water partition coefficient (Wildman–Crippen LogP) is 1.33. The van der Waals surface area contributed by atoms with Gasteiger partial charge in [-0.15, -0.1) is 0 Å². The molecule has 7 heteroatoms. The van der Waals surface area contributed by atoms with Crippen molar-refractivity contribution < 1.29 is 19.0 Å². The van der Waals surface area contributed by atoms with Crippen molar-refractivity contribution in [2.24, 2.45) is 0 Å². The molecule has 1 amide bonds. The second-order valence-electron chi connectivity index (χ2n) is 5.80. The minimum Gasteiger partial charge on any atom is -0.493 e. The molecule has 1 aromatic carbocycles. The molecule has 1 atom stereocenters. The van der Waals surface area contributed by atoms with Crippen LogP contribution in [0.15, 0.2) is 12.1 Å². The number of ether oxygens (including phenoxy) is 3. The lowest BCUT2D eigenvalue weighted by Gasteiger charge is -2.33. The average Bonchev–Trinajstić information content (AvgIpc) is 2.60. The first-order valence-corrected chi connectivity index (χ1v) is 8.13. The molecule has 0 saturated carbocycles. The van der Waals surface area contributed by atoms with Crippen molar-refractivity contribution in [1.29, 1.82) is 0 Å². The third-order valence-corrected chi connectivity index (χ3v) is 4.21. The normalized spacial score (nSPS) is 18.1. The van der Waals surface area contributed by atoms with Gasteiger partial charge in [0.1, 0.15) is 0 Å². The van der Waals surface area contributed by atoms with Crippen LogP contribution in [0.3, 0.4) is 0 Å². The number of hydrogen-bond acceptors (Lipinski definition) is 6. The van der Waals surface area contributed by atoms with Gasteiger partial charge in [0.2, 0.25) is 11.7 Å². The maximum Gasteiger partial charge on any atom is 0.225 e. The minimum absolute atomic E-state index is 0.0324. The monoisotopic (exact) mass is 337 g/mol. The summed E-state index contributed by atoms with van der Waals surface area (Å²) in [6.07, 6.45) is 0.445. The number of nitrogens with zero attached hydrogens (tertiary/aromatic N) is 1. The third kappa shape index (κ3) is 4.52. The maximum absolute atomic E-state index is 12.2. The molecule has 0 aromatic heterocycles. The molecule has 0 aliphatic carbocycles. The number of carbonyl (C=O) groups is 1. The number of nitrogens with one attached hydrogen (secondary N) is 2. The molecular formula is C17H27N3O4. The van der Waals surface area contributed by atoms with E-state index in [4.69, 9.17) is 14.2 Å². The molecule has 1 aliphatic rings. The zero-order valence-corrected chi connectivity index (χ0v) is 14.8. The molecule has 7 nitrogen and oxygen atoms in total.